The zero-order valence-electron chi connectivity index (χ0n) is 8.12. The lowest BCUT2D eigenvalue weighted by molar-refractivity contribution is 0.103. The molecule has 12 heavy (non-hydrogen) atoms. The highest BCUT2D eigenvalue weighted by molar-refractivity contribution is 4.88. The van der Waals surface area contributed by atoms with Gasteiger partial charge in [0, 0.05) is 13.7 Å². The maximum atomic E-state index is 5.42. The van der Waals surface area contributed by atoms with Crippen LogP contribution in [0.4, 0.5) is 0 Å². The molecule has 1 saturated carbocycles. The molecule has 2 aliphatic rings. The highest BCUT2D eigenvalue weighted by Gasteiger charge is 2.36. The first-order valence-electron chi connectivity index (χ1n) is 5.01. The van der Waals surface area contributed by atoms with Crippen LogP contribution in [0.15, 0.2) is 0 Å². The van der Waals surface area contributed by atoms with E-state index < -0.39 is 0 Å². The number of hydrogen-bond acceptors (Lipinski definition) is 2. The largest absolute Gasteiger partial charge is 0.381 e. The fourth-order valence-corrected chi connectivity index (χ4v) is 2.80. The van der Waals surface area contributed by atoms with Gasteiger partial charge in [0.05, 0.1) is 6.10 Å². The summed E-state index contributed by atoms with van der Waals surface area (Å²) < 4.78 is 5.42. The lowest BCUT2D eigenvalue weighted by atomic mass is 9.89. The molecule has 0 aromatic heterocycles. The van der Waals surface area contributed by atoms with Gasteiger partial charge in [-0.15, -0.1) is 0 Å². The molecule has 2 rings (SSSR count). The Bertz CT molecular complexity index is 160. The van der Waals surface area contributed by atoms with Gasteiger partial charge >= 0.3 is 0 Å². The molecular weight excluding hydrogens is 150 g/mol. The van der Waals surface area contributed by atoms with Crippen LogP contribution in [0.5, 0.6) is 0 Å². The van der Waals surface area contributed by atoms with Gasteiger partial charge in [-0.05, 0) is 44.7 Å². The van der Waals surface area contributed by atoms with E-state index in [1.54, 1.807) is 0 Å². The van der Waals surface area contributed by atoms with Gasteiger partial charge in [-0.25, -0.2) is 0 Å². The predicted octanol–water partition coefficient (Wildman–Crippen LogP) is 1.36. The van der Waals surface area contributed by atoms with Crippen LogP contribution in [0.25, 0.3) is 0 Å². The molecule has 3 atom stereocenters. The molecule has 1 aliphatic carbocycles. The van der Waals surface area contributed by atoms with Crippen LogP contribution in [0.2, 0.25) is 0 Å². The predicted molar refractivity (Wildman–Crippen MR) is 49.1 cm³/mol. The van der Waals surface area contributed by atoms with Crippen LogP contribution in [0.1, 0.15) is 19.3 Å². The summed E-state index contributed by atoms with van der Waals surface area (Å²) >= 11 is 0. The van der Waals surface area contributed by atoms with Crippen molar-refractivity contribution in [3.05, 3.63) is 0 Å². The minimum absolute atomic E-state index is 0.562. The van der Waals surface area contributed by atoms with E-state index in [0.717, 1.165) is 11.8 Å². The smallest absolute Gasteiger partial charge is 0.0577 e. The number of ether oxygens (including phenoxy) is 1. The van der Waals surface area contributed by atoms with E-state index in [1.807, 2.05) is 7.11 Å². The Labute approximate surface area is 74.9 Å². The lowest BCUT2D eigenvalue weighted by Gasteiger charge is -2.31. The first-order valence-corrected chi connectivity index (χ1v) is 5.01. The Hall–Kier alpha value is -0.0800. The normalized spacial score (nSPS) is 43.0. The summed E-state index contributed by atoms with van der Waals surface area (Å²) in [5.74, 6) is 1.89. The molecule has 0 bridgehead atoms. The van der Waals surface area contributed by atoms with Gasteiger partial charge in [0.25, 0.3) is 0 Å². The zero-order chi connectivity index (χ0) is 8.55. The van der Waals surface area contributed by atoms with Crippen molar-refractivity contribution < 1.29 is 4.74 Å². The average Bonchev–Trinajstić information content (AvgIpc) is 2.46. The van der Waals surface area contributed by atoms with Crippen LogP contribution in [0.3, 0.4) is 0 Å². The van der Waals surface area contributed by atoms with Gasteiger partial charge in [0.1, 0.15) is 0 Å². The SMILES string of the molecule is COC1C[C@@H]2CCN(C)C[C@@H]2C1. The van der Waals surface area contributed by atoms with Gasteiger partial charge in [-0.1, -0.05) is 0 Å². The van der Waals surface area contributed by atoms with Crippen LogP contribution in [-0.2, 0) is 4.74 Å². The van der Waals surface area contributed by atoms with E-state index in [4.69, 9.17) is 4.74 Å². The Morgan fingerprint density at radius 3 is 2.75 bits per heavy atom. The molecule has 0 aromatic rings. The van der Waals surface area contributed by atoms with Crippen molar-refractivity contribution >= 4 is 0 Å². The maximum Gasteiger partial charge on any atom is 0.0577 e. The first-order chi connectivity index (χ1) is 5.79. The summed E-state index contributed by atoms with van der Waals surface area (Å²) in [5, 5.41) is 0. The molecule has 2 heteroatoms. The molecule has 70 valence electrons. The van der Waals surface area contributed by atoms with Crippen molar-refractivity contribution in [2.75, 3.05) is 27.2 Å². The number of rotatable bonds is 1. The van der Waals surface area contributed by atoms with Crippen LogP contribution in [0, 0.1) is 11.8 Å². The Morgan fingerprint density at radius 2 is 2.00 bits per heavy atom. The van der Waals surface area contributed by atoms with E-state index in [2.05, 4.69) is 11.9 Å². The van der Waals surface area contributed by atoms with Crippen molar-refractivity contribution in [1.29, 1.82) is 0 Å². The molecule has 1 saturated heterocycles. The number of hydrogen-bond donors (Lipinski definition) is 0. The minimum atomic E-state index is 0.562. The third-order valence-electron chi connectivity index (χ3n) is 3.56. The lowest BCUT2D eigenvalue weighted by Crippen LogP contribution is -2.35. The number of fused-ring (bicyclic) bond motifs is 1. The molecule has 1 unspecified atom stereocenters. The van der Waals surface area contributed by atoms with Gasteiger partial charge in [-0.3, -0.25) is 0 Å². The van der Waals surface area contributed by atoms with Gasteiger partial charge in [-0.2, -0.15) is 0 Å². The number of piperidine rings is 1. The molecule has 0 aromatic carbocycles. The molecule has 2 fully saturated rings. The summed E-state index contributed by atoms with van der Waals surface area (Å²) in [7, 11) is 4.09. The molecular formula is C10H19NO. The fourth-order valence-electron chi connectivity index (χ4n) is 2.80. The van der Waals surface area contributed by atoms with E-state index in [0.29, 0.717) is 6.10 Å². The van der Waals surface area contributed by atoms with Gasteiger partial charge in [0.2, 0.25) is 0 Å². The van der Waals surface area contributed by atoms with Crippen molar-refractivity contribution in [3.8, 4) is 0 Å². The van der Waals surface area contributed by atoms with Crippen molar-refractivity contribution in [2.24, 2.45) is 11.8 Å². The number of likely N-dealkylation sites (tertiary alicyclic amines) is 1. The summed E-state index contributed by atoms with van der Waals surface area (Å²) in [6.07, 6.45) is 4.56. The van der Waals surface area contributed by atoms with Crippen LogP contribution in [-0.4, -0.2) is 38.3 Å². The topological polar surface area (TPSA) is 12.5 Å². The Balaban J connectivity index is 1.93. The second-order valence-electron chi connectivity index (χ2n) is 4.40. The maximum absolute atomic E-state index is 5.42. The summed E-state index contributed by atoms with van der Waals surface area (Å²) in [6, 6.07) is 0. The second-order valence-corrected chi connectivity index (χ2v) is 4.40. The van der Waals surface area contributed by atoms with Crippen molar-refractivity contribution in [2.45, 2.75) is 25.4 Å². The number of nitrogens with zero attached hydrogens (tertiary/aromatic N) is 1. The quantitative estimate of drug-likeness (QED) is 0.587. The third-order valence-corrected chi connectivity index (χ3v) is 3.56. The third kappa shape index (κ3) is 1.50. The fraction of sp³-hybridized carbons (Fsp3) is 1.00. The molecule has 0 radical (unpaired) electrons. The van der Waals surface area contributed by atoms with E-state index in [-0.39, 0.29) is 0 Å². The Morgan fingerprint density at radius 1 is 1.25 bits per heavy atom. The first kappa shape index (κ1) is 8.52. The number of methoxy groups -OCH3 is 1. The van der Waals surface area contributed by atoms with Crippen molar-refractivity contribution in [3.63, 3.8) is 0 Å². The van der Waals surface area contributed by atoms with E-state index in [1.165, 1.54) is 32.4 Å². The van der Waals surface area contributed by atoms with Crippen LogP contribution < -0.4 is 0 Å². The monoisotopic (exact) mass is 169 g/mol. The van der Waals surface area contributed by atoms with Crippen LogP contribution >= 0.6 is 0 Å². The highest BCUT2D eigenvalue weighted by Crippen LogP contribution is 2.38. The summed E-state index contributed by atoms with van der Waals surface area (Å²) in [4.78, 5) is 2.46. The molecule has 1 aliphatic heterocycles. The Kier molecular flexibility index (Phi) is 2.37. The summed E-state index contributed by atoms with van der Waals surface area (Å²) in [6.45, 7) is 2.59. The van der Waals surface area contributed by atoms with Gasteiger partial charge < -0.3 is 9.64 Å². The molecule has 0 N–H and O–H groups in total. The van der Waals surface area contributed by atoms with E-state index >= 15 is 0 Å². The molecule has 0 spiro atoms. The highest BCUT2D eigenvalue weighted by atomic mass is 16.5. The van der Waals surface area contributed by atoms with Gasteiger partial charge in [0.15, 0.2) is 0 Å². The molecule has 0 amide bonds. The standard InChI is InChI=1S/C10H19NO/c1-11-4-3-8-5-10(12-2)6-9(8)7-11/h8-10H,3-7H2,1-2H3/t8-,9-,10?/m0/s1. The molecule has 1 heterocycles. The zero-order valence-corrected chi connectivity index (χ0v) is 8.12. The summed E-state index contributed by atoms with van der Waals surface area (Å²) in [5.41, 5.74) is 0. The molecule has 2 nitrogen and oxygen atoms in total. The van der Waals surface area contributed by atoms with Crippen molar-refractivity contribution in [1.82, 2.24) is 4.90 Å². The van der Waals surface area contributed by atoms with E-state index in [9.17, 15) is 0 Å². The average molecular weight is 169 g/mol. The minimum Gasteiger partial charge on any atom is -0.381 e. The second kappa shape index (κ2) is 3.35.